The molecule has 1 aromatic rings. The van der Waals surface area contributed by atoms with Crippen LogP contribution in [-0.4, -0.2) is 26.7 Å². The summed E-state index contributed by atoms with van der Waals surface area (Å²) in [5.41, 5.74) is 1.13. The lowest BCUT2D eigenvalue weighted by atomic mass is 10.1. The van der Waals surface area contributed by atoms with Crippen LogP contribution in [0.15, 0.2) is 36.5 Å². The Kier molecular flexibility index (Phi) is 5.64. The first kappa shape index (κ1) is 13.1. The van der Waals surface area contributed by atoms with Crippen LogP contribution in [-0.2, 0) is 16.0 Å². The largest absolute Gasteiger partial charge is 0.496 e. The lowest BCUT2D eigenvalue weighted by Gasteiger charge is -2.07. The fraction of sp³-hybridized carbons (Fsp3) is 0.308. The minimum atomic E-state index is -0.366. The zero-order chi connectivity index (χ0) is 12.5. The summed E-state index contributed by atoms with van der Waals surface area (Å²) in [5.74, 6) is 0.515. The molecule has 0 spiro atoms. The number of hydrogen-bond donors (Lipinski definition) is 1. The number of esters is 1. The maximum absolute atomic E-state index is 10.8. The van der Waals surface area contributed by atoms with E-state index in [9.17, 15) is 4.79 Å². The Morgan fingerprint density at radius 3 is 2.82 bits per heavy atom. The molecular weight excluding hydrogens is 218 g/mol. The van der Waals surface area contributed by atoms with Gasteiger partial charge in [-0.05, 0) is 18.1 Å². The molecule has 1 aromatic carbocycles. The Morgan fingerprint density at radius 1 is 1.35 bits per heavy atom. The molecule has 4 nitrogen and oxygen atoms in total. The van der Waals surface area contributed by atoms with Crippen molar-refractivity contribution >= 4 is 5.97 Å². The molecule has 0 bridgehead atoms. The van der Waals surface area contributed by atoms with E-state index in [1.54, 1.807) is 13.3 Å². The minimum absolute atomic E-state index is 0.366. The van der Waals surface area contributed by atoms with Gasteiger partial charge in [-0.2, -0.15) is 0 Å². The highest BCUT2D eigenvalue weighted by atomic mass is 16.5. The summed E-state index contributed by atoms with van der Waals surface area (Å²) < 4.78 is 9.70. The zero-order valence-electron chi connectivity index (χ0n) is 10.1. The number of carbonyl (C=O) groups is 1. The summed E-state index contributed by atoms with van der Waals surface area (Å²) in [6.07, 6.45) is 3.76. The summed E-state index contributed by atoms with van der Waals surface area (Å²) in [5, 5.41) is 3.01. The molecule has 4 heteroatoms. The molecule has 0 aliphatic heterocycles. The van der Waals surface area contributed by atoms with Gasteiger partial charge in [0.1, 0.15) is 5.75 Å². The third-order valence-corrected chi connectivity index (χ3v) is 2.27. The Hall–Kier alpha value is -1.97. The molecule has 0 saturated carbocycles. The fourth-order valence-corrected chi connectivity index (χ4v) is 1.39. The quantitative estimate of drug-likeness (QED) is 0.461. The van der Waals surface area contributed by atoms with E-state index in [2.05, 4.69) is 10.1 Å². The van der Waals surface area contributed by atoms with Crippen molar-refractivity contribution in [3.8, 4) is 5.75 Å². The van der Waals surface area contributed by atoms with Crippen LogP contribution in [0.4, 0.5) is 0 Å². The molecule has 0 aliphatic carbocycles. The van der Waals surface area contributed by atoms with E-state index in [4.69, 9.17) is 4.74 Å². The van der Waals surface area contributed by atoms with Crippen LogP contribution >= 0.6 is 0 Å². The Labute approximate surface area is 101 Å². The smallest absolute Gasteiger partial charge is 0.331 e. The van der Waals surface area contributed by atoms with Crippen LogP contribution in [0, 0.1) is 0 Å². The summed E-state index contributed by atoms with van der Waals surface area (Å²) in [6, 6.07) is 7.86. The van der Waals surface area contributed by atoms with Gasteiger partial charge in [-0.3, -0.25) is 0 Å². The zero-order valence-corrected chi connectivity index (χ0v) is 10.1. The van der Waals surface area contributed by atoms with Crippen molar-refractivity contribution in [3.63, 3.8) is 0 Å². The minimum Gasteiger partial charge on any atom is -0.496 e. The number of carbonyl (C=O) groups excluding carboxylic acids is 1. The predicted molar refractivity (Wildman–Crippen MR) is 65.9 cm³/mol. The highest BCUT2D eigenvalue weighted by Gasteiger charge is 1.99. The molecule has 0 saturated heterocycles. The molecule has 92 valence electrons. The molecule has 0 atom stereocenters. The van der Waals surface area contributed by atoms with Crippen LogP contribution in [0.3, 0.4) is 0 Å². The number of nitrogens with one attached hydrogen (secondary N) is 1. The molecule has 0 aliphatic rings. The molecule has 0 radical (unpaired) electrons. The van der Waals surface area contributed by atoms with Crippen molar-refractivity contribution in [2.75, 3.05) is 20.8 Å². The molecule has 0 fully saturated rings. The van der Waals surface area contributed by atoms with Gasteiger partial charge in [-0.15, -0.1) is 0 Å². The molecule has 1 N–H and O–H groups in total. The maximum atomic E-state index is 10.8. The van der Waals surface area contributed by atoms with Crippen LogP contribution in [0.5, 0.6) is 5.75 Å². The van der Waals surface area contributed by atoms with Gasteiger partial charge in [0.05, 0.1) is 14.2 Å². The third-order valence-electron chi connectivity index (χ3n) is 2.27. The van der Waals surface area contributed by atoms with E-state index in [0.717, 1.165) is 24.3 Å². The molecule has 0 amide bonds. The SMILES string of the molecule is COC(=O)/C=C/NCCc1ccccc1OC. The van der Waals surface area contributed by atoms with Gasteiger partial charge in [-0.25, -0.2) is 4.79 Å². The maximum Gasteiger partial charge on any atom is 0.331 e. The van der Waals surface area contributed by atoms with Crippen molar-refractivity contribution in [1.29, 1.82) is 0 Å². The number of para-hydroxylation sites is 1. The van der Waals surface area contributed by atoms with E-state index in [0.29, 0.717) is 0 Å². The number of rotatable bonds is 6. The van der Waals surface area contributed by atoms with Crippen LogP contribution < -0.4 is 10.1 Å². The second-order valence-corrected chi connectivity index (χ2v) is 3.37. The first-order valence-corrected chi connectivity index (χ1v) is 5.37. The van der Waals surface area contributed by atoms with E-state index < -0.39 is 0 Å². The number of hydrogen-bond acceptors (Lipinski definition) is 4. The van der Waals surface area contributed by atoms with Crippen LogP contribution in [0.2, 0.25) is 0 Å². The van der Waals surface area contributed by atoms with Gasteiger partial charge in [0.25, 0.3) is 0 Å². The van der Waals surface area contributed by atoms with Crippen molar-refractivity contribution in [2.24, 2.45) is 0 Å². The summed E-state index contributed by atoms with van der Waals surface area (Å²) in [6.45, 7) is 0.730. The van der Waals surface area contributed by atoms with Crippen LogP contribution in [0.25, 0.3) is 0 Å². The Bertz CT molecular complexity index is 388. The first-order valence-electron chi connectivity index (χ1n) is 5.37. The second-order valence-electron chi connectivity index (χ2n) is 3.37. The lowest BCUT2D eigenvalue weighted by molar-refractivity contribution is -0.134. The predicted octanol–water partition coefficient (Wildman–Crippen LogP) is 1.51. The first-order chi connectivity index (χ1) is 8.27. The van der Waals surface area contributed by atoms with Gasteiger partial charge < -0.3 is 14.8 Å². The lowest BCUT2D eigenvalue weighted by Crippen LogP contribution is -2.11. The monoisotopic (exact) mass is 235 g/mol. The average Bonchev–Trinajstić information content (AvgIpc) is 2.38. The topological polar surface area (TPSA) is 47.6 Å². The van der Waals surface area contributed by atoms with Crippen molar-refractivity contribution in [2.45, 2.75) is 6.42 Å². The van der Waals surface area contributed by atoms with Gasteiger partial charge >= 0.3 is 5.97 Å². The summed E-state index contributed by atoms with van der Waals surface area (Å²) >= 11 is 0. The van der Waals surface area contributed by atoms with Crippen LogP contribution in [0.1, 0.15) is 5.56 Å². The summed E-state index contributed by atoms with van der Waals surface area (Å²) in [7, 11) is 3.00. The standard InChI is InChI=1S/C13H17NO3/c1-16-12-6-4-3-5-11(12)7-9-14-10-8-13(15)17-2/h3-6,8,10,14H,7,9H2,1-2H3/b10-8+. The Morgan fingerprint density at radius 2 is 2.12 bits per heavy atom. The number of ether oxygens (including phenoxy) is 2. The highest BCUT2D eigenvalue weighted by Crippen LogP contribution is 2.16. The summed E-state index contributed by atoms with van der Waals surface area (Å²) in [4.78, 5) is 10.8. The highest BCUT2D eigenvalue weighted by molar-refractivity contribution is 5.81. The van der Waals surface area contributed by atoms with E-state index in [1.165, 1.54) is 13.2 Å². The molecule has 0 aromatic heterocycles. The fourth-order valence-electron chi connectivity index (χ4n) is 1.39. The van der Waals surface area contributed by atoms with Crippen molar-refractivity contribution in [3.05, 3.63) is 42.1 Å². The normalized spacial score (nSPS) is 10.2. The average molecular weight is 235 g/mol. The van der Waals surface area contributed by atoms with E-state index in [-0.39, 0.29) is 5.97 Å². The van der Waals surface area contributed by atoms with Gasteiger partial charge in [0, 0.05) is 18.8 Å². The second kappa shape index (κ2) is 7.33. The molecule has 17 heavy (non-hydrogen) atoms. The third kappa shape index (κ3) is 4.59. The molecule has 1 rings (SSSR count). The van der Waals surface area contributed by atoms with Gasteiger partial charge in [0.2, 0.25) is 0 Å². The number of methoxy groups -OCH3 is 2. The van der Waals surface area contributed by atoms with E-state index in [1.807, 2.05) is 24.3 Å². The molecule has 0 unspecified atom stereocenters. The van der Waals surface area contributed by atoms with Crippen molar-refractivity contribution in [1.82, 2.24) is 5.32 Å². The number of benzene rings is 1. The molecular formula is C13H17NO3. The van der Waals surface area contributed by atoms with Gasteiger partial charge in [0.15, 0.2) is 0 Å². The van der Waals surface area contributed by atoms with Crippen molar-refractivity contribution < 1.29 is 14.3 Å². The molecule has 0 heterocycles. The Balaban J connectivity index is 2.36. The van der Waals surface area contributed by atoms with Gasteiger partial charge in [-0.1, -0.05) is 18.2 Å². The van der Waals surface area contributed by atoms with E-state index >= 15 is 0 Å².